The van der Waals surface area contributed by atoms with Crippen molar-refractivity contribution >= 4 is 35.6 Å². The number of rotatable bonds is 6. The molecule has 0 heterocycles. The average molecular weight is 416 g/mol. The van der Waals surface area contributed by atoms with Crippen molar-refractivity contribution in [2.75, 3.05) is 17.2 Å². The quantitative estimate of drug-likeness (QED) is 0.626. The maximum atomic E-state index is 12.7. The summed E-state index contributed by atoms with van der Waals surface area (Å²) >= 11 is 0. The molecule has 0 unspecified atom stereocenters. The number of carbonyl (C=O) groups is 2. The molecule has 4 N–H and O–H groups in total. The van der Waals surface area contributed by atoms with Gasteiger partial charge in [0.05, 0.1) is 0 Å². The molecule has 0 radical (unpaired) electrons. The Morgan fingerprint density at radius 2 is 1.69 bits per heavy atom. The van der Waals surface area contributed by atoms with E-state index >= 15 is 0 Å². The zero-order chi connectivity index (χ0) is 20.0. The van der Waals surface area contributed by atoms with Crippen LogP contribution < -0.4 is 16.4 Å². The van der Waals surface area contributed by atoms with Gasteiger partial charge in [0, 0.05) is 23.4 Å². The molecule has 5 nitrogen and oxygen atoms in total. The second-order valence-electron chi connectivity index (χ2n) is 7.84. The van der Waals surface area contributed by atoms with Crippen LogP contribution in [0.2, 0.25) is 0 Å². The lowest BCUT2D eigenvalue weighted by molar-refractivity contribution is -0.118. The molecule has 1 saturated carbocycles. The van der Waals surface area contributed by atoms with E-state index in [1.54, 1.807) is 12.1 Å². The van der Waals surface area contributed by atoms with E-state index in [2.05, 4.69) is 10.6 Å². The summed E-state index contributed by atoms with van der Waals surface area (Å²) in [5.41, 5.74) is 8.78. The van der Waals surface area contributed by atoms with E-state index in [9.17, 15) is 9.59 Å². The third-order valence-corrected chi connectivity index (χ3v) is 5.69. The second-order valence-corrected chi connectivity index (χ2v) is 7.84. The molecule has 156 valence electrons. The van der Waals surface area contributed by atoms with Crippen molar-refractivity contribution in [3.8, 4) is 0 Å². The van der Waals surface area contributed by atoms with Gasteiger partial charge in [-0.2, -0.15) is 0 Å². The van der Waals surface area contributed by atoms with Crippen LogP contribution in [-0.2, 0) is 4.79 Å². The summed E-state index contributed by atoms with van der Waals surface area (Å²) in [6.07, 6.45) is 5.95. The maximum Gasteiger partial charge on any atom is 0.255 e. The predicted molar refractivity (Wildman–Crippen MR) is 121 cm³/mol. The molecule has 2 amide bonds. The van der Waals surface area contributed by atoms with Crippen LogP contribution in [0.4, 0.5) is 11.4 Å². The largest absolute Gasteiger partial charge is 0.330 e. The van der Waals surface area contributed by atoms with Crippen LogP contribution in [-0.4, -0.2) is 18.4 Å². The van der Waals surface area contributed by atoms with Crippen LogP contribution in [0, 0.1) is 12.3 Å². The molecule has 0 saturated heterocycles. The number of anilines is 2. The summed E-state index contributed by atoms with van der Waals surface area (Å²) < 4.78 is 0. The molecule has 3 rings (SSSR count). The molecule has 1 fully saturated rings. The van der Waals surface area contributed by atoms with Gasteiger partial charge in [0.15, 0.2) is 0 Å². The Hall–Kier alpha value is -2.37. The van der Waals surface area contributed by atoms with Crippen LogP contribution in [0.3, 0.4) is 0 Å². The summed E-state index contributed by atoms with van der Waals surface area (Å²) in [7, 11) is 0. The van der Waals surface area contributed by atoms with Gasteiger partial charge in [-0.25, -0.2) is 0 Å². The highest BCUT2D eigenvalue weighted by molar-refractivity contribution is 6.05. The van der Waals surface area contributed by atoms with Gasteiger partial charge in [-0.15, -0.1) is 12.4 Å². The smallest absolute Gasteiger partial charge is 0.255 e. The Bertz CT molecular complexity index is 833. The van der Waals surface area contributed by atoms with Crippen molar-refractivity contribution < 1.29 is 9.59 Å². The molecule has 2 aromatic carbocycles. The fourth-order valence-electron chi connectivity index (χ4n) is 3.91. The van der Waals surface area contributed by atoms with Crippen LogP contribution in [0.15, 0.2) is 48.5 Å². The predicted octanol–water partition coefficient (Wildman–Crippen LogP) is 4.91. The van der Waals surface area contributed by atoms with Crippen molar-refractivity contribution in [3.63, 3.8) is 0 Å². The molecule has 1 aliphatic rings. The molecule has 2 aromatic rings. The lowest BCUT2D eigenvalue weighted by Gasteiger charge is -2.35. The molecule has 29 heavy (non-hydrogen) atoms. The molecule has 0 bridgehead atoms. The second kappa shape index (κ2) is 10.4. The molecule has 0 atom stereocenters. The molecular weight excluding hydrogens is 386 g/mol. The van der Waals surface area contributed by atoms with Crippen molar-refractivity contribution in [2.45, 2.75) is 45.4 Å². The molecule has 6 heteroatoms. The van der Waals surface area contributed by atoms with Crippen molar-refractivity contribution in [1.29, 1.82) is 0 Å². The molecule has 0 aliphatic heterocycles. The van der Waals surface area contributed by atoms with Gasteiger partial charge in [-0.1, -0.05) is 43.5 Å². The van der Waals surface area contributed by atoms with Gasteiger partial charge in [0.1, 0.15) is 0 Å². The standard InChI is InChI=1S/C23H29N3O2.ClH/c1-17-10-11-18(22(28)25-19-8-4-2-5-9-19)14-20(17)26-21(27)15-23(16-24)12-6-3-7-13-23;/h2,4-5,8-11,14H,3,6-7,12-13,15-16,24H2,1H3,(H,25,28)(H,26,27);1H. The van der Waals surface area contributed by atoms with Gasteiger partial charge in [0.25, 0.3) is 5.91 Å². The highest BCUT2D eigenvalue weighted by Crippen LogP contribution is 2.38. The third-order valence-electron chi connectivity index (χ3n) is 5.69. The van der Waals surface area contributed by atoms with Gasteiger partial charge in [-0.05, 0) is 61.6 Å². The summed E-state index contributed by atoms with van der Waals surface area (Å²) in [4.78, 5) is 25.2. The molecule has 0 aromatic heterocycles. The Morgan fingerprint density at radius 3 is 2.34 bits per heavy atom. The fourth-order valence-corrected chi connectivity index (χ4v) is 3.91. The Kier molecular flexibility index (Phi) is 8.23. The minimum absolute atomic E-state index is 0. The number of benzene rings is 2. The van der Waals surface area contributed by atoms with Gasteiger partial charge >= 0.3 is 0 Å². The summed E-state index contributed by atoms with van der Waals surface area (Å²) in [5.74, 6) is -0.233. The van der Waals surface area contributed by atoms with Gasteiger partial charge in [0.2, 0.25) is 5.91 Å². The maximum absolute atomic E-state index is 12.7. The number of para-hydroxylation sites is 1. The Labute approximate surface area is 178 Å². The van der Waals surface area contributed by atoms with Crippen LogP contribution in [0.1, 0.15) is 54.4 Å². The zero-order valence-electron chi connectivity index (χ0n) is 16.9. The minimum atomic E-state index is -0.201. The monoisotopic (exact) mass is 415 g/mol. The lowest BCUT2D eigenvalue weighted by Crippen LogP contribution is -2.36. The van der Waals surface area contributed by atoms with E-state index in [0.29, 0.717) is 24.2 Å². The van der Waals surface area contributed by atoms with Crippen LogP contribution in [0.25, 0.3) is 0 Å². The number of nitrogens with two attached hydrogens (primary N) is 1. The van der Waals surface area contributed by atoms with Crippen molar-refractivity contribution in [1.82, 2.24) is 0 Å². The lowest BCUT2D eigenvalue weighted by atomic mass is 9.71. The fraction of sp³-hybridized carbons (Fsp3) is 0.391. The van der Waals surface area contributed by atoms with E-state index in [4.69, 9.17) is 5.73 Å². The van der Waals surface area contributed by atoms with Gasteiger partial charge in [-0.3, -0.25) is 9.59 Å². The van der Waals surface area contributed by atoms with Crippen molar-refractivity contribution in [2.24, 2.45) is 11.1 Å². The van der Waals surface area contributed by atoms with Gasteiger partial charge < -0.3 is 16.4 Å². The molecule has 1 aliphatic carbocycles. The number of carbonyl (C=O) groups excluding carboxylic acids is 2. The van der Waals surface area contributed by atoms with E-state index in [-0.39, 0.29) is 29.6 Å². The normalized spacial score (nSPS) is 15.1. The molecule has 0 spiro atoms. The summed E-state index contributed by atoms with van der Waals surface area (Å²) in [6, 6.07) is 14.7. The highest BCUT2D eigenvalue weighted by atomic mass is 35.5. The summed E-state index contributed by atoms with van der Waals surface area (Å²) in [6.45, 7) is 2.47. The van der Waals surface area contributed by atoms with E-state index in [1.165, 1.54) is 6.42 Å². The first-order chi connectivity index (χ1) is 13.5. The number of hydrogen-bond donors (Lipinski definition) is 3. The van der Waals surface area contributed by atoms with Crippen molar-refractivity contribution in [3.05, 3.63) is 59.7 Å². The first-order valence-corrected chi connectivity index (χ1v) is 9.98. The average Bonchev–Trinajstić information content (AvgIpc) is 2.71. The first kappa shape index (κ1) is 22.9. The number of halogens is 1. The van der Waals surface area contributed by atoms with E-state index in [1.807, 2.05) is 43.3 Å². The number of hydrogen-bond acceptors (Lipinski definition) is 3. The number of nitrogens with one attached hydrogen (secondary N) is 2. The minimum Gasteiger partial charge on any atom is -0.330 e. The van der Waals surface area contributed by atoms with E-state index in [0.717, 1.165) is 36.9 Å². The highest BCUT2D eigenvalue weighted by Gasteiger charge is 2.33. The number of aryl methyl sites for hydroxylation is 1. The Morgan fingerprint density at radius 1 is 1.00 bits per heavy atom. The number of amides is 2. The molecular formula is C23H30ClN3O2. The third kappa shape index (κ3) is 6.05. The zero-order valence-corrected chi connectivity index (χ0v) is 17.7. The topological polar surface area (TPSA) is 84.2 Å². The van der Waals surface area contributed by atoms with Crippen LogP contribution >= 0.6 is 12.4 Å². The Balaban J connectivity index is 0.00000300. The summed E-state index contributed by atoms with van der Waals surface area (Å²) in [5, 5.41) is 5.87. The van der Waals surface area contributed by atoms with E-state index < -0.39 is 0 Å². The van der Waals surface area contributed by atoms with Crippen LogP contribution in [0.5, 0.6) is 0 Å². The SMILES string of the molecule is Cc1ccc(C(=O)Nc2ccccc2)cc1NC(=O)CC1(CN)CCCCC1.Cl. The first-order valence-electron chi connectivity index (χ1n) is 9.98.